The molecular formula is C19H18N2O2. The van der Waals surface area contributed by atoms with Gasteiger partial charge in [0.2, 0.25) is 0 Å². The summed E-state index contributed by atoms with van der Waals surface area (Å²) in [5.41, 5.74) is 4.69. The highest BCUT2D eigenvalue weighted by atomic mass is 16.5. The third-order valence-electron chi connectivity index (χ3n) is 3.70. The molecule has 4 heteroatoms. The molecule has 0 spiro atoms. The van der Waals surface area contributed by atoms with Crippen LogP contribution < -0.4 is 0 Å². The van der Waals surface area contributed by atoms with Crippen molar-refractivity contribution in [2.24, 2.45) is 0 Å². The van der Waals surface area contributed by atoms with Gasteiger partial charge in [0.25, 0.3) is 0 Å². The van der Waals surface area contributed by atoms with Crippen molar-refractivity contribution in [2.75, 3.05) is 6.61 Å². The molecule has 0 bridgehead atoms. The van der Waals surface area contributed by atoms with Crippen molar-refractivity contribution < 1.29 is 9.53 Å². The molecule has 0 saturated heterocycles. The molecule has 0 aliphatic rings. The number of ether oxygens (including phenoxy) is 1. The minimum absolute atomic E-state index is 0.338. The van der Waals surface area contributed by atoms with E-state index in [9.17, 15) is 4.79 Å². The monoisotopic (exact) mass is 306 g/mol. The molecule has 0 atom stereocenters. The maximum atomic E-state index is 12.0. The molecule has 4 nitrogen and oxygen atoms in total. The van der Waals surface area contributed by atoms with Crippen LogP contribution in [0.1, 0.15) is 23.7 Å². The molecule has 0 saturated carbocycles. The third-order valence-corrected chi connectivity index (χ3v) is 3.70. The number of H-pyrrole nitrogens is 1. The van der Waals surface area contributed by atoms with Crippen LogP contribution in [0.25, 0.3) is 16.5 Å². The smallest absolute Gasteiger partial charge is 0.331 e. The van der Waals surface area contributed by atoms with Gasteiger partial charge >= 0.3 is 5.97 Å². The van der Waals surface area contributed by atoms with Gasteiger partial charge in [0, 0.05) is 11.5 Å². The van der Waals surface area contributed by atoms with Crippen molar-refractivity contribution >= 4 is 22.4 Å². The van der Waals surface area contributed by atoms with Crippen molar-refractivity contribution in [3.05, 3.63) is 71.4 Å². The molecule has 0 fully saturated rings. The van der Waals surface area contributed by atoms with E-state index in [-0.39, 0.29) is 5.97 Å². The molecule has 23 heavy (non-hydrogen) atoms. The number of nitrogens with one attached hydrogen (secondary N) is 1. The topological polar surface area (TPSA) is 55.0 Å². The number of benzene rings is 2. The fraction of sp³-hybridized carbons (Fsp3) is 0.158. The van der Waals surface area contributed by atoms with Crippen LogP contribution in [0.2, 0.25) is 0 Å². The summed E-state index contributed by atoms with van der Waals surface area (Å²) < 4.78 is 5.08. The Hall–Kier alpha value is -2.88. The molecule has 0 unspecified atom stereocenters. The van der Waals surface area contributed by atoms with Crippen LogP contribution in [-0.4, -0.2) is 22.8 Å². The Kier molecular flexibility index (Phi) is 4.24. The number of hydrogen-bond donors (Lipinski definition) is 1. The summed E-state index contributed by atoms with van der Waals surface area (Å²) in [4.78, 5) is 12.0. The highest BCUT2D eigenvalue weighted by Gasteiger charge is 2.10. The summed E-state index contributed by atoms with van der Waals surface area (Å²) in [5, 5.41) is 8.27. The van der Waals surface area contributed by atoms with E-state index in [4.69, 9.17) is 4.74 Å². The zero-order valence-corrected chi connectivity index (χ0v) is 13.2. The van der Waals surface area contributed by atoms with Crippen LogP contribution in [0.15, 0.2) is 54.6 Å². The van der Waals surface area contributed by atoms with E-state index >= 15 is 0 Å². The van der Waals surface area contributed by atoms with Crippen molar-refractivity contribution in [2.45, 2.75) is 13.8 Å². The van der Waals surface area contributed by atoms with Crippen LogP contribution in [0.3, 0.4) is 0 Å². The first-order valence-corrected chi connectivity index (χ1v) is 7.58. The Labute approximate surface area is 134 Å². The number of aryl methyl sites for hydroxylation is 1. The minimum atomic E-state index is -0.338. The standard InChI is InChI=1S/C19H18N2O2/c1-3-23-19(22)12-17(14-7-5-4-6-8-14)15-9-10-18-16(11-15)13(2)20-21-18/h4-12H,3H2,1-2H3,(H,20,21)/b17-12+. The highest BCUT2D eigenvalue weighted by molar-refractivity contribution is 5.98. The fourth-order valence-electron chi connectivity index (χ4n) is 2.57. The summed E-state index contributed by atoms with van der Waals surface area (Å²) in [7, 11) is 0. The van der Waals surface area contributed by atoms with Crippen molar-refractivity contribution in [1.82, 2.24) is 10.2 Å². The molecule has 3 aromatic rings. The predicted molar refractivity (Wildman–Crippen MR) is 91.0 cm³/mol. The summed E-state index contributed by atoms with van der Waals surface area (Å²) in [6, 6.07) is 15.8. The van der Waals surface area contributed by atoms with Gasteiger partial charge in [-0.25, -0.2) is 4.79 Å². The number of esters is 1. The Morgan fingerprint density at radius 2 is 1.96 bits per heavy atom. The van der Waals surface area contributed by atoms with E-state index in [0.29, 0.717) is 6.61 Å². The molecule has 0 aliphatic carbocycles. The molecule has 0 amide bonds. The molecular weight excluding hydrogens is 288 g/mol. The lowest BCUT2D eigenvalue weighted by Gasteiger charge is -2.09. The van der Waals surface area contributed by atoms with Gasteiger partial charge in [0.1, 0.15) is 0 Å². The second kappa shape index (κ2) is 6.48. The Balaban J connectivity index is 2.13. The Bertz CT molecular complexity index is 863. The van der Waals surface area contributed by atoms with E-state index in [1.54, 1.807) is 13.0 Å². The van der Waals surface area contributed by atoms with Crippen LogP contribution in [0, 0.1) is 6.92 Å². The van der Waals surface area contributed by atoms with E-state index in [1.807, 2.05) is 55.5 Å². The Morgan fingerprint density at radius 1 is 1.17 bits per heavy atom. The first kappa shape index (κ1) is 15.0. The average molecular weight is 306 g/mol. The SMILES string of the molecule is CCOC(=O)/C=C(\c1ccccc1)c1ccc2[nH]nc(C)c2c1. The number of nitrogens with zero attached hydrogens (tertiary/aromatic N) is 1. The summed E-state index contributed by atoms with van der Waals surface area (Å²) in [6.07, 6.45) is 1.55. The molecule has 116 valence electrons. The second-order valence-electron chi connectivity index (χ2n) is 5.25. The minimum Gasteiger partial charge on any atom is -0.463 e. The maximum absolute atomic E-state index is 12.0. The van der Waals surface area contributed by atoms with Gasteiger partial charge in [0.15, 0.2) is 0 Å². The first-order valence-electron chi connectivity index (χ1n) is 7.58. The number of carbonyl (C=O) groups is 1. The van der Waals surface area contributed by atoms with Gasteiger partial charge < -0.3 is 4.74 Å². The third kappa shape index (κ3) is 3.16. The predicted octanol–water partition coefficient (Wildman–Crippen LogP) is 3.87. The van der Waals surface area contributed by atoms with Crippen molar-refractivity contribution in [3.63, 3.8) is 0 Å². The van der Waals surface area contributed by atoms with Crippen LogP contribution in [0.4, 0.5) is 0 Å². The molecule has 0 aliphatic heterocycles. The van der Waals surface area contributed by atoms with E-state index in [1.165, 1.54) is 0 Å². The van der Waals surface area contributed by atoms with Gasteiger partial charge in [-0.15, -0.1) is 0 Å². The summed E-state index contributed by atoms with van der Waals surface area (Å²) in [5.74, 6) is -0.338. The van der Waals surface area contributed by atoms with E-state index in [0.717, 1.165) is 33.3 Å². The number of fused-ring (bicyclic) bond motifs is 1. The molecule has 0 radical (unpaired) electrons. The van der Waals surface area contributed by atoms with Crippen LogP contribution in [0.5, 0.6) is 0 Å². The fourth-order valence-corrected chi connectivity index (χ4v) is 2.57. The number of aromatic nitrogens is 2. The highest BCUT2D eigenvalue weighted by Crippen LogP contribution is 2.27. The number of rotatable bonds is 4. The van der Waals surface area contributed by atoms with Gasteiger partial charge in [-0.1, -0.05) is 36.4 Å². The number of hydrogen-bond acceptors (Lipinski definition) is 3. The quantitative estimate of drug-likeness (QED) is 0.588. The van der Waals surface area contributed by atoms with Crippen LogP contribution >= 0.6 is 0 Å². The molecule has 1 heterocycles. The second-order valence-corrected chi connectivity index (χ2v) is 5.25. The van der Waals surface area contributed by atoms with E-state index in [2.05, 4.69) is 10.2 Å². The zero-order valence-electron chi connectivity index (χ0n) is 13.2. The molecule has 1 aromatic heterocycles. The molecule has 3 rings (SSSR count). The van der Waals surface area contributed by atoms with Gasteiger partial charge in [-0.2, -0.15) is 5.10 Å². The van der Waals surface area contributed by atoms with Crippen molar-refractivity contribution in [3.8, 4) is 0 Å². The summed E-state index contributed by atoms with van der Waals surface area (Å²) >= 11 is 0. The van der Waals surface area contributed by atoms with Gasteiger partial charge in [-0.05, 0) is 42.7 Å². The average Bonchev–Trinajstić information content (AvgIpc) is 2.94. The summed E-state index contributed by atoms with van der Waals surface area (Å²) in [6.45, 7) is 4.12. The lowest BCUT2D eigenvalue weighted by molar-refractivity contribution is -0.137. The largest absolute Gasteiger partial charge is 0.463 e. The molecule has 2 aromatic carbocycles. The molecule has 1 N–H and O–H groups in total. The van der Waals surface area contributed by atoms with Crippen LogP contribution in [-0.2, 0) is 9.53 Å². The van der Waals surface area contributed by atoms with Crippen molar-refractivity contribution in [1.29, 1.82) is 0 Å². The number of aromatic amines is 1. The lowest BCUT2D eigenvalue weighted by atomic mass is 9.96. The first-order chi connectivity index (χ1) is 11.2. The lowest BCUT2D eigenvalue weighted by Crippen LogP contribution is -2.01. The van der Waals surface area contributed by atoms with Gasteiger partial charge in [0.05, 0.1) is 17.8 Å². The Morgan fingerprint density at radius 3 is 2.70 bits per heavy atom. The van der Waals surface area contributed by atoms with Gasteiger partial charge in [-0.3, -0.25) is 5.10 Å². The maximum Gasteiger partial charge on any atom is 0.331 e. The zero-order chi connectivity index (χ0) is 16.2. The normalized spacial score (nSPS) is 11.7. The number of carbonyl (C=O) groups excluding carboxylic acids is 1. The van der Waals surface area contributed by atoms with E-state index < -0.39 is 0 Å².